The van der Waals surface area contributed by atoms with Gasteiger partial charge in [0.1, 0.15) is 11.9 Å². The van der Waals surface area contributed by atoms with Crippen LogP contribution in [0.25, 0.3) is 11.3 Å². The molecule has 6 nitrogen and oxygen atoms in total. The highest BCUT2D eigenvalue weighted by Crippen LogP contribution is 2.25. The molecule has 6 heteroatoms. The van der Waals surface area contributed by atoms with Crippen molar-refractivity contribution in [2.45, 2.75) is 38.5 Å². The van der Waals surface area contributed by atoms with Crippen molar-refractivity contribution in [2.75, 3.05) is 20.3 Å². The quantitative estimate of drug-likeness (QED) is 0.861. The monoisotopic (exact) mass is 341 g/mol. The number of aryl methyl sites for hydroxylation is 1. The van der Waals surface area contributed by atoms with Crippen molar-refractivity contribution in [3.63, 3.8) is 0 Å². The van der Waals surface area contributed by atoms with E-state index in [9.17, 15) is 4.79 Å². The molecule has 132 valence electrons. The number of nitrogens with zero attached hydrogens (tertiary/aromatic N) is 3. The highest BCUT2D eigenvalue weighted by molar-refractivity contribution is 5.81. The molecule has 3 heterocycles. The van der Waals surface area contributed by atoms with Crippen molar-refractivity contribution >= 4 is 5.91 Å². The molecule has 0 bridgehead atoms. The first-order valence-electron chi connectivity index (χ1n) is 8.86. The van der Waals surface area contributed by atoms with Crippen molar-refractivity contribution in [3.8, 4) is 17.0 Å². The van der Waals surface area contributed by atoms with Gasteiger partial charge >= 0.3 is 0 Å². The molecule has 1 aromatic carbocycles. The van der Waals surface area contributed by atoms with Crippen LogP contribution in [0.15, 0.2) is 30.3 Å². The fourth-order valence-electron chi connectivity index (χ4n) is 3.53. The van der Waals surface area contributed by atoms with Crippen molar-refractivity contribution < 1.29 is 14.3 Å². The second-order valence-corrected chi connectivity index (χ2v) is 6.59. The van der Waals surface area contributed by atoms with Crippen molar-refractivity contribution in [1.82, 2.24) is 14.7 Å². The highest BCUT2D eigenvalue weighted by atomic mass is 16.5. The Morgan fingerprint density at radius 1 is 1.24 bits per heavy atom. The summed E-state index contributed by atoms with van der Waals surface area (Å²) in [6, 6.07) is 9.98. The van der Waals surface area contributed by atoms with E-state index in [0.29, 0.717) is 13.2 Å². The van der Waals surface area contributed by atoms with Gasteiger partial charge in [-0.15, -0.1) is 0 Å². The Kier molecular flexibility index (Phi) is 4.44. The van der Waals surface area contributed by atoms with Gasteiger partial charge in [0.2, 0.25) is 0 Å². The van der Waals surface area contributed by atoms with E-state index in [0.717, 1.165) is 55.1 Å². The second-order valence-electron chi connectivity index (χ2n) is 6.59. The van der Waals surface area contributed by atoms with Gasteiger partial charge in [-0.3, -0.25) is 9.48 Å². The van der Waals surface area contributed by atoms with Crippen molar-refractivity contribution in [1.29, 1.82) is 0 Å². The third kappa shape index (κ3) is 3.26. The number of hydrogen-bond donors (Lipinski definition) is 0. The van der Waals surface area contributed by atoms with Gasteiger partial charge in [0, 0.05) is 25.3 Å². The molecule has 0 N–H and O–H groups in total. The molecule has 0 unspecified atom stereocenters. The summed E-state index contributed by atoms with van der Waals surface area (Å²) in [6.07, 6.45) is 2.47. The predicted octanol–water partition coefficient (Wildman–Crippen LogP) is 2.47. The van der Waals surface area contributed by atoms with Gasteiger partial charge in [0.15, 0.2) is 0 Å². The topological polar surface area (TPSA) is 56.6 Å². The number of carbonyl (C=O) groups is 1. The van der Waals surface area contributed by atoms with E-state index in [2.05, 4.69) is 6.07 Å². The van der Waals surface area contributed by atoms with Crippen LogP contribution in [0.1, 0.15) is 25.0 Å². The SMILES string of the molecule is COc1ccc(-c2cc3n(n2)CCCN(C(=O)[C@@H]2CCCO2)C3)cc1. The molecule has 0 radical (unpaired) electrons. The van der Waals surface area contributed by atoms with Crippen LogP contribution in [0.4, 0.5) is 0 Å². The largest absolute Gasteiger partial charge is 0.497 e. The first kappa shape index (κ1) is 16.1. The maximum Gasteiger partial charge on any atom is 0.252 e. The number of ether oxygens (including phenoxy) is 2. The van der Waals surface area contributed by atoms with Gasteiger partial charge in [-0.2, -0.15) is 5.10 Å². The summed E-state index contributed by atoms with van der Waals surface area (Å²) in [5, 5.41) is 4.73. The number of benzene rings is 1. The number of fused-ring (bicyclic) bond motifs is 1. The molecule has 1 atom stereocenters. The Morgan fingerprint density at radius 3 is 2.80 bits per heavy atom. The fraction of sp³-hybridized carbons (Fsp3) is 0.474. The van der Waals surface area contributed by atoms with Crippen LogP contribution in [-0.2, 0) is 22.6 Å². The van der Waals surface area contributed by atoms with E-state index in [-0.39, 0.29) is 12.0 Å². The number of carbonyl (C=O) groups excluding carboxylic acids is 1. The molecule has 1 aromatic heterocycles. The lowest BCUT2D eigenvalue weighted by molar-refractivity contribution is -0.141. The minimum absolute atomic E-state index is 0.123. The lowest BCUT2D eigenvalue weighted by Crippen LogP contribution is -2.38. The summed E-state index contributed by atoms with van der Waals surface area (Å²) in [4.78, 5) is 14.6. The molecule has 0 aliphatic carbocycles. The van der Waals surface area contributed by atoms with Crippen LogP contribution in [0.3, 0.4) is 0 Å². The zero-order valence-corrected chi connectivity index (χ0v) is 14.5. The van der Waals surface area contributed by atoms with Crippen LogP contribution in [0.5, 0.6) is 5.75 Å². The summed E-state index contributed by atoms with van der Waals surface area (Å²) < 4.78 is 12.8. The van der Waals surface area contributed by atoms with Gasteiger partial charge in [0.05, 0.1) is 25.0 Å². The molecule has 1 fully saturated rings. The van der Waals surface area contributed by atoms with Gasteiger partial charge in [0.25, 0.3) is 5.91 Å². The molecular formula is C19H23N3O3. The molecule has 4 rings (SSSR count). The summed E-state index contributed by atoms with van der Waals surface area (Å²) in [7, 11) is 1.66. The van der Waals surface area contributed by atoms with Crippen LogP contribution in [-0.4, -0.2) is 47.0 Å². The molecular weight excluding hydrogens is 318 g/mol. The van der Waals surface area contributed by atoms with E-state index in [1.807, 2.05) is 33.8 Å². The number of methoxy groups -OCH3 is 1. The Labute approximate surface area is 147 Å². The van der Waals surface area contributed by atoms with E-state index < -0.39 is 0 Å². The van der Waals surface area contributed by atoms with Gasteiger partial charge in [-0.1, -0.05) is 0 Å². The molecule has 2 aliphatic heterocycles. The Hall–Kier alpha value is -2.34. The summed E-state index contributed by atoms with van der Waals surface area (Å²) in [5.74, 6) is 0.955. The molecule has 0 saturated carbocycles. The fourth-order valence-corrected chi connectivity index (χ4v) is 3.53. The number of aromatic nitrogens is 2. The molecule has 25 heavy (non-hydrogen) atoms. The number of amides is 1. The van der Waals surface area contributed by atoms with Crippen molar-refractivity contribution in [3.05, 3.63) is 36.0 Å². The smallest absolute Gasteiger partial charge is 0.252 e. The van der Waals surface area contributed by atoms with Crippen LogP contribution >= 0.6 is 0 Å². The average molecular weight is 341 g/mol. The molecule has 1 amide bonds. The normalized spacial score (nSPS) is 20.2. The van der Waals surface area contributed by atoms with E-state index in [1.54, 1.807) is 7.11 Å². The minimum Gasteiger partial charge on any atom is -0.497 e. The summed E-state index contributed by atoms with van der Waals surface area (Å²) in [6.45, 7) is 2.90. The molecule has 2 aromatic rings. The number of hydrogen-bond acceptors (Lipinski definition) is 4. The maximum absolute atomic E-state index is 12.7. The zero-order valence-electron chi connectivity index (χ0n) is 14.5. The summed E-state index contributed by atoms with van der Waals surface area (Å²) >= 11 is 0. The first-order chi connectivity index (χ1) is 12.2. The van der Waals surface area contributed by atoms with E-state index in [4.69, 9.17) is 14.6 Å². The summed E-state index contributed by atoms with van der Waals surface area (Å²) in [5.41, 5.74) is 3.07. The van der Waals surface area contributed by atoms with E-state index >= 15 is 0 Å². The Balaban J connectivity index is 1.54. The highest BCUT2D eigenvalue weighted by Gasteiger charge is 2.30. The van der Waals surface area contributed by atoms with Gasteiger partial charge < -0.3 is 14.4 Å². The number of rotatable bonds is 3. The second kappa shape index (κ2) is 6.88. The minimum atomic E-state index is -0.254. The third-order valence-electron chi connectivity index (χ3n) is 4.92. The predicted molar refractivity (Wildman–Crippen MR) is 93.2 cm³/mol. The molecule has 0 spiro atoms. The van der Waals surface area contributed by atoms with Crippen LogP contribution in [0, 0.1) is 0 Å². The Bertz CT molecular complexity index is 748. The van der Waals surface area contributed by atoms with Crippen LogP contribution < -0.4 is 4.74 Å². The third-order valence-corrected chi connectivity index (χ3v) is 4.92. The molecule has 1 saturated heterocycles. The lowest BCUT2D eigenvalue weighted by atomic mass is 10.1. The average Bonchev–Trinajstić information content (AvgIpc) is 3.27. The Morgan fingerprint density at radius 2 is 2.08 bits per heavy atom. The molecule has 2 aliphatic rings. The van der Waals surface area contributed by atoms with E-state index in [1.165, 1.54) is 0 Å². The zero-order chi connectivity index (χ0) is 17.2. The standard InChI is InChI=1S/C19H23N3O3/c1-24-16-7-5-14(6-8-16)17-12-15-13-21(9-3-10-22(15)20-17)19(23)18-4-2-11-25-18/h5-8,12,18H,2-4,9-11,13H2,1H3/t18-/m0/s1. The van der Waals surface area contributed by atoms with Crippen molar-refractivity contribution in [2.24, 2.45) is 0 Å². The van der Waals surface area contributed by atoms with Gasteiger partial charge in [-0.05, 0) is 49.6 Å². The lowest BCUT2D eigenvalue weighted by Gasteiger charge is -2.23. The van der Waals surface area contributed by atoms with Crippen LogP contribution in [0.2, 0.25) is 0 Å². The van der Waals surface area contributed by atoms with Gasteiger partial charge in [-0.25, -0.2) is 0 Å². The maximum atomic E-state index is 12.7. The first-order valence-corrected chi connectivity index (χ1v) is 8.86.